The maximum atomic E-state index is 11.7. The minimum absolute atomic E-state index is 0.0969. The van der Waals surface area contributed by atoms with Crippen molar-refractivity contribution in [3.63, 3.8) is 0 Å². The van der Waals surface area contributed by atoms with E-state index >= 15 is 0 Å². The lowest BCUT2D eigenvalue weighted by atomic mass is 10.0. The summed E-state index contributed by atoms with van der Waals surface area (Å²) in [6, 6.07) is 18.8. The van der Waals surface area contributed by atoms with Gasteiger partial charge in [-0.25, -0.2) is 0 Å². The molecule has 0 saturated carbocycles. The Morgan fingerprint density at radius 3 is 2.58 bits per heavy atom. The van der Waals surface area contributed by atoms with Gasteiger partial charge in [-0.3, -0.25) is 15.1 Å². The number of nitriles is 1. The minimum atomic E-state index is -1.55. The van der Waals surface area contributed by atoms with Gasteiger partial charge in [-0.1, -0.05) is 35.9 Å². The van der Waals surface area contributed by atoms with Gasteiger partial charge in [0.05, 0.1) is 17.2 Å². The van der Waals surface area contributed by atoms with Gasteiger partial charge in [0.15, 0.2) is 11.5 Å². The highest BCUT2D eigenvalue weighted by molar-refractivity contribution is 6.34. The number of ether oxygens (including phenoxy) is 4. The zero-order valence-electron chi connectivity index (χ0n) is 24.8. The number of hydrogen-bond acceptors (Lipinski definition) is 9. The first-order valence-electron chi connectivity index (χ1n) is 14.2. The molecule has 5 rings (SSSR count). The average Bonchev–Trinajstić information content (AvgIpc) is 3.06. The van der Waals surface area contributed by atoms with E-state index in [0.717, 1.165) is 22.3 Å². The van der Waals surface area contributed by atoms with Gasteiger partial charge in [0.25, 0.3) is 0 Å². The molecule has 4 aromatic rings. The lowest BCUT2D eigenvalue weighted by Gasteiger charge is -2.25. The molecule has 232 valence electrons. The topological polar surface area (TPSA) is 143 Å². The number of carboxylic acids is 1. The Morgan fingerprint density at radius 2 is 1.82 bits per heavy atom. The number of benzene rings is 3. The maximum absolute atomic E-state index is 11.7. The summed E-state index contributed by atoms with van der Waals surface area (Å²) < 4.78 is 23.8. The number of aryl methyl sites for hydroxylation is 1. The third-order valence-corrected chi connectivity index (χ3v) is 7.90. The number of aliphatic hydroxyl groups excluding tert-OH is 1. The lowest BCUT2D eigenvalue weighted by Crippen LogP contribution is -2.52. The molecule has 11 heteroatoms. The zero-order chi connectivity index (χ0) is 32.0. The molecule has 0 radical (unpaired) electrons. The Balaban J connectivity index is 1.39. The number of aliphatic hydroxyl groups is 1. The van der Waals surface area contributed by atoms with E-state index in [0.29, 0.717) is 57.9 Å². The van der Waals surface area contributed by atoms with E-state index in [1.807, 2.05) is 49.4 Å². The number of aromatic nitrogens is 1. The van der Waals surface area contributed by atoms with Gasteiger partial charge < -0.3 is 29.2 Å². The van der Waals surface area contributed by atoms with Crippen LogP contribution in [0.15, 0.2) is 67.0 Å². The van der Waals surface area contributed by atoms with Crippen molar-refractivity contribution in [1.29, 1.82) is 5.26 Å². The first kappa shape index (κ1) is 31.6. The number of nitrogens with one attached hydrogen (secondary N) is 1. The summed E-state index contributed by atoms with van der Waals surface area (Å²) in [5.74, 6) is 1.17. The van der Waals surface area contributed by atoms with Crippen molar-refractivity contribution in [2.75, 3.05) is 19.8 Å². The van der Waals surface area contributed by atoms with Crippen molar-refractivity contribution in [2.45, 2.75) is 39.1 Å². The lowest BCUT2D eigenvalue weighted by molar-refractivity contribution is -0.145. The highest BCUT2D eigenvalue weighted by atomic mass is 35.5. The van der Waals surface area contributed by atoms with Crippen LogP contribution < -0.4 is 24.3 Å². The van der Waals surface area contributed by atoms with Crippen LogP contribution in [0.4, 0.5) is 0 Å². The van der Waals surface area contributed by atoms with Crippen LogP contribution in [0.2, 0.25) is 5.02 Å². The molecule has 0 spiro atoms. The minimum Gasteiger partial charge on any atom is -0.488 e. The molecule has 0 aliphatic carbocycles. The van der Waals surface area contributed by atoms with Gasteiger partial charge in [-0.05, 0) is 49.2 Å². The molecular formula is C34H32ClN3O7. The summed E-state index contributed by atoms with van der Waals surface area (Å²) in [6.45, 7) is 4.06. The highest BCUT2D eigenvalue weighted by Crippen LogP contribution is 2.38. The summed E-state index contributed by atoms with van der Waals surface area (Å²) in [5.41, 5.74) is 3.47. The van der Waals surface area contributed by atoms with E-state index in [9.17, 15) is 20.3 Å². The van der Waals surface area contributed by atoms with E-state index in [1.54, 1.807) is 18.3 Å². The van der Waals surface area contributed by atoms with Crippen LogP contribution in [0.1, 0.15) is 34.7 Å². The molecule has 1 aliphatic heterocycles. The fraction of sp³-hybridized carbons (Fsp3) is 0.265. The van der Waals surface area contributed by atoms with Crippen molar-refractivity contribution in [3.8, 4) is 40.2 Å². The Morgan fingerprint density at radius 1 is 1.04 bits per heavy atom. The Kier molecular flexibility index (Phi) is 9.74. The monoisotopic (exact) mass is 629 g/mol. The molecular weight excluding hydrogens is 598 g/mol. The number of hydrogen-bond donors (Lipinski definition) is 3. The molecule has 0 fully saturated rings. The average molecular weight is 630 g/mol. The highest BCUT2D eigenvalue weighted by Gasteiger charge is 2.32. The molecule has 1 aromatic heterocycles. The van der Waals surface area contributed by atoms with E-state index in [2.05, 4.69) is 16.4 Å². The van der Waals surface area contributed by atoms with Crippen LogP contribution in [0, 0.1) is 18.3 Å². The van der Waals surface area contributed by atoms with Crippen LogP contribution in [0.25, 0.3) is 11.1 Å². The SMILES string of the molecule is Cc1cc(CN[C@@](C)(CO)C(=O)O)c(OCc2cncc(C#N)c2)cc1OCc1cccc(-c2ccc3c(c2)OCCO3)c1Cl. The summed E-state index contributed by atoms with van der Waals surface area (Å²) in [7, 11) is 0. The third kappa shape index (κ3) is 7.29. The molecule has 0 bridgehead atoms. The molecule has 0 amide bonds. The number of carboxylic acid groups (broad SMARTS) is 1. The second kappa shape index (κ2) is 13.9. The number of carbonyl (C=O) groups is 1. The van der Waals surface area contributed by atoms with E-state index < -0.39 is 18.1 Å². The predicted octanol–water partition coefficient (Wildman–Crippen LogP) is 5.44. The quantitative estimate of drug-likeness (QED) is 0.185. The van der Waals surface area contributed by atoms with E-state index in [4.69, 9.17) is 30.5 Å². The first-order chi connectivity index (χ1) is 21.7. The zero-order valence-corrected chi connectivity index (χ0v) is 25.6. The molecule has 3 aromatic carbocycles. The summed E-state index contributed by atoms with van der Waals surface area (Å²) in [5, 5.41) is 32.0. The molecule has 0 unspecified atom stereocenters. The van der Waals surface area contributed by atoms with E-state index in [-0.39, 0.29) is 19.8 Å². The van der Waals surface area contributed by atoms with Gasteiger partial charge in [0.2, 0.25) is 0 Å². The van der Waals surface area contributed by atoms with Crippen molar-refractivity contribution < 1.29 is 34.0 Å². The first-order valence-corrected chi connectivity index (χ1v) is 14.6. The van der Waals surface area contributed by atoms with Crippen LogP contribution in [0.5, 0.6) is 23.0 Å². The molecule has 1 atom stereocenters. The van der Waals surface area contributed by atoms with Crippen LogP contribution in [-0.2, 0) is 24.6 Å². The second-order valence-corrected chi connectivity index (χ2v) is 11.2. The smallest absolute Gasteiger partial charge is 0.326 e. The molecule has 3 N–H and O–H groups in total. The number of rotatable bonds is 12. The van der Waals surface area contributed by atoms with Crippen LogP contribution in [-0.4, -0.2) is 46.5 Å². The van der Waals surface area contributed by atoms with Gasteiger partial charge in [0.1, 0.15) is 49.5 Å². The number of fused-ring (bicyclic) bond motifs is 1. The number of pyridine rings is 1. The maximum Gasteiger partial charge on any atom is 0.326 e. The summed E-state index contributed by atoms with van der Waals surface area (Å²) in [6.07, 6.45) is 3.07. The molecule has 45 heavy (non-hydrogen) atoms. The number of halogens is 1. The summed E-state index contributed by atoms with van der Waals surface area (Å²) >= 11 is 6.87. The standard InChI is InChI=1S/C34H32ClN3O7/c1-21-10-26(17-38-34(2,20-39)33(40)41)30(44-18-23-11-22(14-36)15-37-16-23)13-29(21)45-19-25-4-3-5-27(32(25)35)24-6-7-28-31(12-24)43-9-8-42-28/h3-7,10-13,15-16,38-39H,8-9,17-20H2,1-2H3,(H,40,41)/t34-/m0/s1. The normalized spacial score (nSPS) is 13.4. The van der Waals surface area contributed by atoms with Gasteiger partial charge >= 0.3 is 5.97 Å². The molecule has 10 nitrogen and oxygen atoms in total. The van der Waals surface area contributed by atoms with Crippen LogP contribution in [0.3, 0.4) is 0 Å². The van der Waals surface area contributed by atoms with Crippen LogP contribution >= 0.6 is 11.6 Å². The fourth-order valence-corrected chi connectivity index (χ4v) is 5.01. The number of aliphatic carboxylic acids is 1. The van der Waals surface area contributed by atoms with Gasteiger partial charge in [0, 0.05) is 47.3 Å². The number of nitrogens with zero attached hydrogens (tertiary/aromatic N) is 2. The fourth-order valence-electron chi connectivity index (χ4n) is 4.72. The van der Waals surface area contributed by atoms with Gasteiger partial charge in [-0.2, -0.15) is 5.26 Å². The van der Waals surface area contributed by atoms with Gasteiger partial charge in [-0.15, -0.1) is 0 Å². The Bertz CT molecular complexity index is 1760. The van der Waals surface area contributed by atoms with Crippen molar-refractivity contribution >= 4 is 17.6 Å². The van der Waals surface area contributed by atoms with Crippen molar-refractivity contribution in [2.24, 2.45) is 0 Å². The third-order valence-electron chi connectivity index (χ3n) is 7.45. The predicted molar refractivity (Wildman–Crippen MR) is 167 cm³/mol. The molecule has 2 heterocycles. The Hall–Kier alpha value is -4.82. The summed E-state index contributed by atoms with van der Waals surface area (Å²) in [4.78, 5) is 15.8. The molecule has 1 aliphatic rings. The van der Waals surface area contributed by atoms with Crippen molar-refractivity contribution in [1.82, 2.24) is 10.3 Å². The van der Waals surface area contributed by atoms with E-state index in [1.165, 1.54) is 13.1 Å². The second-order valence-electron chi connectivity index (χ2n) is 10.8. The Labute approximate surface area is 265 Å². The molecule has 0 saturated heterocycles. The van der Waals surface area contributed by atoms with Crippen molar-refractivity contribution in [3.05, 3.63) is 99.8 Å². The largest absolute Gasteiger partial charge is 0.488 e.